The molecule has 0 aliphatic carbocycles. The van der Waals surface area contributed by atoms with Crippen LogP contribution in [0.3, 0.4) is 0 Å². The Morgan fingerprint density at radius 3 is 2.47 bits per heavy atom. The van der Waals surface area contributed by atoms with Crippen LogP contribution in [0.2, 0.25) is 0 Å². The molecule has 32 heavy (non-hydrogen) atoms. The Hall–Kier alpha value is -3.36. The molecular weight excluding hydrogens is 426 g/mol. The second kappa shape index (κ2) is 8.29. The van der Waals surface area contributed by atoms with Crippen LogP contribution in [0, 0.1) is 12.7 Å². The minimum absolute atomic E-state index is 0.0385. The number of likely N-dealkylation sites (tertiary alicyclic amines) is 1. The van der Waals surface area contributed by atoms with E-state index in [0.717, 1.165) is 18.2 Å². The maximum absolute atomic E-state index is 14.0. The third-order valence-electron chi connectivity index (χ3n) is 5.68. The summed E-state index contributed by atoms with van der Waals surface area (Å²) in [5, 5.41) is 13.9. The number of benzene rings is 2. The van der Waals surface area contributed by atoms with E-state index in [1.165, 1.54) is 33.8 Å². The van der Waals surface area contributed by atoms with Crippen LogP contribution < -0.4 is 0 Å². The van der Waals surface area contributed by atoms with Crippen LogP contribution in [0.4, 0.5) is 17.6 Å². The number of halogens is 4. The molecule has 2 aromatic carbocycles. The fraction of sp³-hybridized carbons (Fsp3) is 0.304. The highest BCUT2D eigenvalue weighted by Crippen LogP contribution is 2.37. The van der Waals surface area contributed by atoms with E-state index < -0.39 is 23.5 Å². The molecule has 3 aromatic rings. The van der Waals surface area contributed by atoms with Gasteiger partial charge in [0.15, 0.2) is 0 Å². The van der Waals surface area contributed by atoms with Crippen molar-refractivity contribution in [2.75, 3.05) is 13.1 Å². The van der Waals surface area contributed by atoms with Crippen LogP contribution in [0.5, 0.6) is 5.75 Å². The van der Waals surface area contributed by atoms with Crippen molar-refractivity contribution in [3.05, 3.63) is 76.9 Å². The van der Waals surface area contributed by atoms with Crippen LogP contribution in [0.15, 0.2) is 48.5 Å². The van der Waals surface area contributed by atoms with Gasteiger partial charge >= 0.3 is 6.18 Å². The van der Waals surface area contributed by atoms with Crippen LogP contribution >= 0.6 is 0 Å². The number of aromatic hydroxyl groups is 1. The van der Waals surface area contributed by atoms with Gasteiger partial charge in [-0.05, 0) is 56.2 Å². The summed E-state index contributed by atoms with van der Waals surface area (Å²) in [5.74, 6) is -1.56. The molecule has 168 valence electrons. The van der Waals surface area contributed by atoms with Crippen molar-refractivity contribution in [3.8, 4) is 11.4 Å². The number of amides is 1. The molecule has 9 heteroatoms. The number of hydrogen-bond acceptors (Lipinski definition) is 3. The second-order valence-electron chi connectivity index (χ2n) is 7.87. The lowest BCUT2D eigenvalue weighted by atomic mass is 9.92. The molecule has 0 spiro atoms. The summed E-state index contributed by atoms with van der Waals surface area (Å²) in [4.78, 5) is 14.2. The smallest absolute Gasteiger partial charge is 0.418 e. The number of aryl methyl sites for hydroxylation is 1. The van der Waals surface area contributed by atoms with E-state index >= 15 is 0 Å². The summed E-state index contributed by atoms with van der Waals surface area (Å²) >= 11 is 0. The maximum atomic E-state index is 14.0. The van der Waals surface area contributed by atoms with E-state index in [-0.39, 0.29) is 22.9 Å². The average molecular weight is 447 g/mol. The van der Waals surface area contributed by atoms with Gasteiger partial charge in [0, 0.05) is 24.7 Å². The molecule has 0 atom stereocenters. The molecule has 5 nitrogen and oxygen atoms in total. The van der Waals surface area contributed by atoms with Crippen molar-refractivity contribution in [1.29, 1.82) is 0 Å². The Morgan fingerprint density at radius 1 is 1.09 bits per heavy atom. The van der Waals surface area contributed by atoms with Gasteiger partial charge < -0.3 is 10.0 Å². The molecule has 1 aromatic heterocycles. The highest BCUT2D eigenvalue weighted by Gasteiger charge is 2.35. The molecule has 0 radical (unpaired) electrons. The van der Waals surface area contributed by atoms with Gasteiger partial charge in [-0.1, -0.05) is 12.1 Å². The zero-order chi connectivity index (χ0) is 23.0. The summed E-state index contributed by atoms with van der Waals surface area (Å²) in [7, 11) is 0. The van der Waals surface area contributed by atoms with Crippen LogP contribution in [-0.4, -0.2) is 38.8 Å². The van der Waals surface area contributed by atoms with E-state index in [1.54, 1.807) is 13.0 Å². The third kappa shape index (κ3) is 4.19. The molecule has 0 saturated carbocycles. The second-order valence-corrected chi connectivity index (χ2v) is 7.87. The van der Waals surface area contributed by atoms with Gasteiger partial charge in [0.05, 0.1) is 22.5 Å². The zero-order valence-corrected chi connectivity index (χ0v) is 17.2. The molecule has 0 bridgehead atoms. The van der Waals surface area contributed by atoms with Gasteiger partial charge in [-0.2, -0.15) is 18.3 Å². The Morgan fingerprint density at radius 2 is 1.78 bits per heavy atom. The first-order valence-corrected chi connectivity index (χ1v) is 10.2. The van der Waals surface area contributed by atoms with Crippen molar-refractivity contribution in [3.63, 3.8) is 0 Å². The molecular formula is C23H21F4N3O2. The van der Waals surface area contributed by atoms with Gasteiger partial charge in [0.25, 0.3) is 5.91 Å². The van der Waals surface area contributed by atoms with Crippen molar-refractivity contribution in [2.24, 2.45) is 0 Å². The average Bonchev–Trinajstić information content (AvgIpc) is 3.16. The Kier molecular flexibility index (Phi) is 5.66. The summed E-state index contributed by atoms with van der Waals surface area (Å²) in [6, 6.07) is 10.4. The molecule has 1 N–H and O–H groups in total. The van der Waals surface area contributed by atoms with Gasteiger partial charge in [-0.25, -0.2) is 9.07 Å². The summed E-state index contributed by atoms with van der Waals surface area (Å²) in [5.41, 5.74) is 0.232. The molecule has 1 fully saturated rings. The first-order chi connectivity index (χ1) is 15.1. The fourth-order valence-electron chi connectivity index (χ4n) is 4.13. The Balaban J connectivity index is 1.57. The zero-order valence-electron chi connectivity index (χ0n) is 17.2. The number of para-hydroxylation sites is 1. The minimum atomic E-state index is -4.52. The quantitative estimate of drug-likeness (QED) is 0.571. The van der Waals surface area contributed by atoms with Crippen molar-refractivity contribution < 1.29 is 27.5 Å². The molecule has 1 amide bonds. The predicted molar refractivity (Wildman–Crippen MR) is 109 cm³/mol. The number of carbonyl (C=O) groups is 1. The monoisotopic (exact) mass is 447 g/mol. The van der Waals surface area contributed by atoms with Crippen LogP contribution in [0.1, 0.15) is 46.1 Å². The minimum Gasteiger partial charge on any atom is -0.508 e. The number of phenolic OH excluding ortho intramolecular Hbond substituents is 1. The van der Waals surface area contributed by atoms with Gasteiger partial charge in [0.2, 0.25) is 0 Å². The molecule has 1 aliphatic rings. The molecule has 4 rings (SSSR count). The normalized spacial score (nSPS) is 15.2. The Bertz CT molecular complexity index is 1150. The molecule has 0 unspecified atom stereocenters. The molecule has 1 saturated heterocycles. The number of aromatic nitrogens is 2. The van der Waals surface area contributed by atoms with E-state index in [2.05, 4.69) is 5.10 Å². The van der Waals surface area contributed by atoms with Crippen LogP contribution in [0.25, 0.3) is 5.69 Å². The van der Waals surface area contributed by atoms with E-state index in [1.807, 2.05) is 0 Å². The number of piperidine rings is 1. The number of nitrogens with zero attached hydrogens (tertiary/aromatic N) is 3. The SMILES string of the molecule is Cc1cc(C2CCN(C(=O)c3cc(O)ccc3F)CC2)n(-c2ccccc2C(F)(F)F)n1. The highest BCUT2D eigenvalue weighted by atomic mass is 19.4. The van der Waals surface area contributed by atoms with Crippen molar-refractivity contribution >= 4 is 5.91 Å². The van der Waals surface area contributed by atoms with E-state index in [9.17, 15) is 27.5 Å². The predicted octanol–water partition coefficient (Wildman–Crippen LogP) is 5.06. The summed E-state index contributed by atoms with van der Waals surface area (Å²) < 4.78 is 56.0. The number of phenols is 1. The summed E-state index contributed by atoms with van der Waals surface area (Å²) in [6.07, 6.45) is -3.54. The lowest BCUT2D eigenvalue weighted by molar-refractivity contribution is -0.137. The number of carbonyl (C=O) groups excluding carboxylic acids is 1. The van der Waals surface area contributed by atoms with E-state index in [0.29, 0.717) is 37.3 Å². The summed E-state index contributed by atoms with van der Waals surface area (Å²) in [6.45, 7) is 2.34. The number of alkyl halides is 3. The third-order valence-corrected chi connectivity index (χ3v) is 5.68. The molecule has 1 aliphatic heterocycles. The lowest BCUT2D eigenvalue weighted by Gasteiger charge is -2.32. The number of rotatable bonds is 3. The first-order valence-electron chi connectivity index (χ1n) is 10.2. The van der Waals surface area contributed by atoms with Gasteiger partial charge in [0.1, 0.15) is 11.6 Å². The van der Waals surface area contributed by atoms with Crippen molar-refractivity contribution in [2.45, 2.75) is 31.9 Å². The standard InChI is InChI=1S/C23H21F4N3O2/c1-14-12-21(30(28-14)20-5-3-2-4-18(20)23(25,26)27)15-8-10-29(11-9-15)22(32)17-13-16(31)6-7-19(17)24/h2-7,12-13,15,31H,8-11H2,1H3. The first kappa shape index (κ1) is 21.9. The number of hydrogen-bond donors (Lipinski definition) is 1. The van der Waals surface area contributed by atoms with E-state index in [4.69, 9.17) is 0 Å². The topological polar surface area (TPSA) is 58.4 Å². The largest absolute Gasteiger partial charge is 0.508 e. The molecule has 2 heterocycles. The van der Waals surface area contributed by atoms with Crippen LogP contribution in [-0.2, 0) is 6.18 Å². The highest BCUT2D eigenvalue weighted by molar-refractivity contribution is 5.95. The van der Waals surface area contributed by atoms with Gasteiger partial charge in [-0.15, -0.1) is 0 Å². The Labute approximate surface area is 181 Å². The lowest BCUT2D eigenvalue weighted by Crippen LogP contribution is -2.38. The fourth-order valence-corrected chi connectivity index (χ4v) is 4.13. The van der Waals surface area contributed by atoms with Gasteiger partial charge in [-0.3, -0.25) is 4.79 Å². The van der Waals surface area contributed by atoms with Crippen molar-refractivity contribution in [1.82, 2.24) is 14.7 Å². The maximum Gasteiger partial charge on any atom is 0.418 e.